The first-order valence-corrected chi connectivity index (χ1v) is 6.31. The molecule has 2 rings (SSSR count). The quantitative estimate of drug-likeness (QED) is 0.444. The maximum Gasteiger partial charge on any atom is 0.364 e. The van der Waals surface area contributed by atoms with Crippen molar-refractivity contribution in [1.82, 2.24) is 5.32 Å². The van der Waals surface area contributed by atoms with E-state index in [1.807, 2.05) is 0 Å². The van der Waals surface area contributed by atoms with Gasteiger partial charge in [0.05, 0.1) is 30.2 Å². The number of ketones is 1. The van der Waals surface area contributed by atoms with Gasteiger partial charge in [-0.2, -0.15) is 15.8 Å². The number of nitrogens with zero attached hydrogens (tertiary/aromatic N) is 3. The second-order valence-corrected chi connectivity index (χ2v) is 4.47. The van der Waals surface area contributed by atoms with Crippen molar-refractivity contribution in [2.75, 3.05) is 7.11 Å². The highest BCUT2D eigenvalue weighted by atomic mass is 16.5. The van der Waals surface area contributed by atoms with Crippen molar-refractivity contribution in [3.05, 3.63) is 46.6 Å². The number of Topliss-reactive ketones (excluding diaryl/α,β-unsaturated/α-hetero) is 1. The molecule has 0 amide bonds. The summed E-state index contributed by atoms with van der Waals surface area (Å²) in [6, 6.07) is 7.31. The van der Waals surface area contributed by atoms with Gasteiger partial charge in [0.1, 0.15) is 18.2 Å². The number of ether oxygens (including phenoxy) is 1. The molecule has 1 aliphatic rings. The molecule has 1 aromatic heterocycles. The van der Waals surface area contributed by atoms with Crippen LogP contribution in [-0.4, -0.2) is 29.7 Å². The van der Waals surface area contributed by atoms with Gasteiger partial charge in [0, 0.05) is 0 Å². The van der Waals surface area contributed by atoms with E-state index in [1.165, 1.54) is 30.5 Å². The SMILES string of the molecule is COC(=O)C1(O)NC(=C(C#N)C#N)C(C#N)=C1C(=O)c1ccco1. The molecule has 0 bridgehead atoms. The Morgan fingerprint density at radius 3 is 2.46 bits per heavy atom. The van der Waals surface area contributed by atoms with Crippen molar-refractivity contribution >= 4 is 11.8 Å². The maximum atomic E-state index is 12.6. The molecule has 0 aliphatic carbocycles. The Bertz CT molecular complexity index is 889. The topological polar surface area (TPSA) is 160 Å². The molecule has 1 aromatic rings. The zero-order chi connectivity index (χ0) is 17.9. The minimum absolute atomic E-state index is 0.251. The average Bonchev–Trinajstić information content (AvgIpc) is 3.21. The van der Waals surface area contributed by atoms with Gasteiger partial charge in [0.25, 0.3) is 5.72 Å². The van der Waals surface area contributed by atoms with Crippen molar-refractivity contribution < 1.29 is 23.8 Å². The van der Waals surface area contributed by atoms with E-state index in [2.05, 4.69) is 10.1 Å². The van der Waals surface area contributed by atoms with Crippen LogP contribution in [0.3, 0.4) is 0 Å². The van der Waals surface area contributed by atoms with Crippen molar-refractivity contribution in [1.29, 1.82) is 15.8 Å². The van der Waals surface area contributed by atoms with E-state index in [-0.39, 0.29) is 5.76 Å². The van der Waals surface area contributed by atoms with E-state index in [4.69, 9.17) is 14.9 Å². The summed E-state index contributed by atoms with van der Waals surface area (Å²) in [5.41, 5.74) is -4.98. The highest BCUT2D eigenvalue weighted by Gasteiger charge is 2.53. The van der Waals surface area contributed by atoms with Crippen LogP contribution in [0.15, 0.2) is 45.2 Å². The lowest BCUT2D eigenvalue weighted by Gasteiger charge is -2.22. The Hall–Kier alpha value is -3.87. The summed E-state index contributed by atoms with van der Waals surface area (Å²) in [6.07, 6.45) is 1.19. The van der Waals surface area contributed by atoms with Gasteiger partial charge >= 0.3 is 5.97 Å². The molecule has 2 N–H and O–H groups in total. The number of furan rings is 1. The number of carbonyl (C=O) groups excluding carboxylic acids is 2. The Balaban J connectivity index is 2.81. The molecule has 118 valence electrons. The fourth-order valence-corrected chi connectivity index (χ4v) is 2.16. The zero-order valence-electron chi connectivity index (χ0n) is 12.2. The predicted octanol–water partition coefficient (Wildman–Crippen LogP) is 0.0485. The van der Waals surface area contributed by atoms with Crippen molar-refractivity contribution in [3.8, 4) is 18.2 Å². The van der Waals surface area contributed by atoms with E-state index < -0.39 is 39.9 Å². The van der Waals surface area contributed by atoms with Crippen molar-refractivity contribution in [3.63, 3.8) is 0 Å². The highest BCUT2D eigenvalue weighted by Crippen LogP contribution is 2.35. The molecule has 0 saturated heterocycles. The Kier molecular flexibility index (Phi) is 4.19. The molecule has 1 aliphatic heterocycles. The molecular formula is C15H8N4O5. The maximum absolute atomic E-state index is 12.6. The Labute approximate surface area is 135 Å². The van der Waals surface area contributed by atoms with Gasteiger partial charge in [-0.3, -0.25) is 4.79 Å². The molecule has 0 saturated carbocycles. The molecule has 1 atom stereocenters. The second kappa shape index (κ2) is 6.09. The van der Waals surface area contributed by atoms with Gasteiger partial charge < -0.3 is 19.6 Å². The predicted molar refractivity (Wildman–Crippen MR) is 74.0 cm³/mol. The molecule has 0 radical (unpaired) electrons. The van der Waals surface area contributed by atoms with E-state index in [0.717, 1.165) is 7.11 Å². The number of aliphatic hydroxyl groups is 1. The van der Waals surface area contributed by atoms with E-state index in [0.29, 0.717) is 0 Å². The van der Waals surface area contributed by atoms with Gasteiger partial charge in [-0.1, -0.05) is 0 Å². The van der Waals surface area contributed by atoms with Crippen LogP contribution in [0, 0.1) is 34.0 Å². The lowest BCUT2D eigenvalue weighted by molar-refractivity contribution is -0.159. The molecule has 24 heavy (non-hydrogen) atoms. The van der Waals surface area contributed by atoms with Gasteiger partial charge in [-0.05, 0) is 12.1 Å². The van der Waals surface area contributed by atoms with Crippen molar-refractivity contribution in [2.24, 2.45) is 0 Å². The van der Waals surface area contributed by atoms with Crippen LogP contribution >= 0.6 is 0 Å². The fraction of sp³-hybridized carbons (Fsp3) is 0.133. The van der Waals surface area contributed by atoms with Gasteiger partial charge in [0.15, 0.2) is 11.3 Å². The van der Waals surface area contributed by atoms with Crippen LogP contribution in [0.2, 0.25) is 0 Å². The lowest BCUT2D eigenvalue weighted by Crippen LogP contribution is -2.52. The molecule has 9 heteroatoms. The smallest absolute Gasteiger partial charge is 0.364 e. The third kappa shape index (κ3) is 2.30. The largest absolute Gasteiger partial charge is 0.465 e. The van der Waals surface area contributed by atoms with Gasteiger partial charge in [-0.25, -0.2) is 4.79 Å². The molecule has 9 nitrogen and oxygen atoms in total. The van der Waals surface area contributed by atoms with Crippen LogP contribution < -0.4 is 5.32 Å². The Morgan fingerprint density at radius 2 is 2.00 bits per heavy atom. The van der Waals surface area contributed by atoms with Crippen LogP contribution in [0.4, 0.5) is 0 Å². The molecule has 1 unspecified atom stereocenters. The van der Waals surface area contributed by atoms with Gasteiger partial charge in [0.2, 0.25) is 5.78 Å². The van der Waals surface area contributed by atoms with Crippen molar-refractivity contribution in [2.45, 2.75) is 5.72 Å². The molecule has 0 fully saturated rings. The fourth-order valence-electron chi connectivity index (χ4n) is 2.16. The summed E-state index contributed by atoms with van der Waals surface area (Å²) < 4.78 is 9.38. The molecule has 0 aromatic carbocycles. The number of hydrogen-bond acceptors (Lipinski definition) is 9. The number of esters is 1. The van der Waals surface area contributed by atoms with E-state index in [1.54, 1.807) is 6.07 Å². The number of carbonyl (C=O) groups is 2. The summed E-state index contributed by atoms with van der Waals surface area (Å²) in [6.45, 7) is 0. The van der Waals surface area contributed by atoms with Crippen LogP contribution in [0.1, 0.15) is 10.6 Å². The first-order valence-electron chi connectivity index (χ1n) is 6.31. The number of allylic oxidation sites excluding steroid dienone is 2. The number of nitrogens with one attached hydrogen (secondary N) is 1. The molecule has 2 heterocycles. The second-order valence-electron chi connectivity index (χ2n) is 4.47. The van der Waals surface area contributed by atoms with Crippen LogP contribution in [0.25, 0.3) is 0 Å². The summed E-state index contributed by atoms with van der Waals surface area (Å²) in [5, 5.41) is 40.0. The minimum Gasteiger partial charge on any atom is -0.465 e. The normalized spacial score (nSPS) is 18.9. The summed E-state index contributed by atoms with van der Waals surface area (Å²) in [7, 11) is 0.959. The van der Waals surface area contributed by atoms with Crippen LogP contribution in [-0.2, 0) is 9.53 Å². The third-order valence-electron chi connectivity index (χ3n) is 3.21. The monoisotopic (exact) mass is 324 g/mol. The molecular weight excluding hydrogens is 316 g/mol. The number of nitriles is 3. The number of methoxy groups -OCH3 is 1. The third-order valence-corrected chi connectivity index (χ3v) is 3.21. The average molecular weight is 324 g/mol. The van der Waals surface area contributed by atoms with E-state index in [9.17, 15) is 20.0 Å². The summed E-state index contributed by atoms with van der Waals surface area (Å²) in [4.78, 5) is 24.5. The lowest BCUT2D eigenvalue weighted by atomic mass is 9.95. The van der Waals surface area contributed by atoms with Gasteiger partial charge in [-0.15, -0.1) is 0 Å². The standard InChI is InChI=1S/C15H8N4O5/c1-23-14(21)15(22)11(13(20)10-3-2-4-24-10)9(7-18)12(19-15)8(5-16)6-17/h2-4,19,22H,1H3. The first-order chi connectivity index (χ1) is 11.4. The molecule has 0 spiro atoms. The minimum atomic E-state index is -2.74. The summed E-state index contributed by atoms with van der Waals surface area (Å²) >= 11 is 0. The Morgan fingerprint density at radius 1 is 1.33 bits per heavy atom. The number of rotatable bonds is 3. The number of hydrogen-bond donors (Lipinski definition) is 2. The van der Waals surface area contributed by atoms with E-state index >= 15 is 0 Å². The first kappa shape index (κ1) is 16.5. The highest BCUT2D eigenvalue weighted by molar-refractivity contribution is 6.14. The van der Waals surface area contributed by atoms with Crippen LogP contribution in [0.5, 0.6) is 0 Å². The zero-order valence-corrected chi connectivity index (χ0v) is 12.2. The summed E-state index contributed by atoms with van der Waals surface area (Å²) in [5.74, 6) is -2.52.